The SMILES string of the molecule is CCCCCC1CCC(C2CCC(CC)CC2)CC1. The number of rotatable bonds is 6. The lowest BCUT2D eigenvalue weighted by atomic mass is 9.68. The fourth-order valence-electron chi connectivity index (χ4n) is 4.70. The van der Waals surface area contributed by atoms with E-state index in [4.69, 9.17) is 0 Å². The van der Waals surface area contributed by atoms with Gasteiger partial charge in [0.15, 0.2) is 0 Å². The summed E-state index contributed by atoms with van der Waals surface area (Å²) in [6.07, 6.45) is 19.7. The maximum atomic E-state index is 2.38. The highest BCUT2D eigenvalue weighted by atomic mass is 14.4. The predicted octanol–water partition coefficient (Wildman–Crippen LogP) is 6.59. The van der Waals surface area contributed by atoms with Crippen LogP contribution < -0.4 is 0 Å². The first-order chi connectivity index (χ1) is 9.33. The van der Waals surface area contributed by atoms with Crippen molar-refractivity contribution in [2.24, 2.45) is 23.7 Å². The molecule has 0 aromatic rings. The number of hydrogen-bond donors (Lipinski definition) is 0. The molecule has 2 fully saturated rings. The summed E-state index contributed by atoms with van der Waals surface area (Å²) >= 11 is 0. The van der Waals surface area contributed by atoms with Gasteiger partial charge in [-0.2, -0.15) is 0 Å². The molecule has 2 aliphatic carbocycles. The number of hydrogen-bond acceptors (Lipinski definition) is 0. The molecule has 2 saturated carbocycles. The quantitative estimate of drug-likeness (QED) is 0.475. The Kier molecular flexibility index (Phi) is 6.74. The molecule has 2 rings (SSSR count). The van der Waals surface area contributed by atoms with Gasteiger partial charge in [-0.15, -0.1) is 0 Å². The standard InChI is InChI=1S/C19H36/c1-3-5-6-7-17-10-14-19(15-11-17)18-12-8-16(4-2)9-13-18/h16-19H,3-15H2,1-2H3. The van der Waals surface area contributed by atoms with Crippen LogP contribution in [0.2, 0.25) is 0 Å². The Morgan fingerprint density at radius 3 is 1.63 bits per heavy atom. The molecule has 112 valence electrons. The molecule has 0 unspecified atom stereocenters. The second kappa shape index (κ2) is 8.32. The van der Waals surface area contributed by atoms with E-state index in [9.17, 15) is 0 Å². The first-order valence-corrected chi connectivity index (χ1v) is 9.33. The van der Waals surface area contributed by atoms with E-state index in [1.807, 2.05) is 0 Å². The van der Waals surface area contributed by atoms with Crippen molar-refractivity contribution in [3.8, 4) is 0 Å². The zero-order valence-electron chi connectivity index (χ0n) is 13.5. The normalized spacial score (nSPS) is 36.3. The van der Waals surface area contributed by atoms with E-state index < -0.39 is 0 Å². The predicted molar refractivity (Wildman–Crippen MR) is 85.3 cm³/mol. The Hall–Kier alpha value is 0. The molecule has 0 aromatic carbocycles. The van der Waals surface area contributed by atoms with Crippen molar-refractivity contribution in [3.05, 3.63) is 0 Å². The molecule has 2 aliphatic rings. The van der Waals surface area contributed by atoms with E-state index in [1.165, 1.54) is 44.9 Å². The van der Waals surface area contributed by atoms with Gasteiger partial charge in [-0.1, -0.05) is 71.6 Å². The van der Waals surface area contributed by atoms with Gasteiger partial charge < -0.3 is 0 Å². The van der Waals surface area contributed by atoms with Crippen molar-refractivity contribution in [3.63, 3.8) is 0 Å². The summed E-state index contributed by atoms with van der Waals surface area (Å²) < 4.78 is 0. The molecule has 0 amide bonds. The van der Waals surface area contributed by atoms with Crippen LogP contribution >= 0.6 is 0 Å². The molecule has 0 saturated heterocycles. The first-order valence-electron chi connectivity index (χ1n) is 9.33. The van der Waals surface area contributed by atoms with Gasteiger partial charge in [-0.25, -0.2) is 0 Å². The van der Waals surface area contributed by atoms with Crippen LogP contribution in [0.1, 0.15) is 97.3 Å². The Morgan fingerprint density at radius 2 is 1.16 bits per heavy atom. The van der Waals surface area contributed by atoms with Gasteiger partial charge in [0.25, 0.3) is 0 Å². The van der Waals surface area contributed by atoms with Crippen LogP contribution in [0.3, 0.4) is 0 Å². The molecule has 0 N–H and O–H groups in total. The fourth-order valence-corrected chi connectivity index (χ4v) is 4.70. The van der Waals surface area contributed by atoms with Crippen molar-refractivity contribution in [1.82, 2.24) is 0 Å². The molecule has 0 heteroatoms. The summed E-state index contributed by atoms with van der Waals surface area (Å²) in [7, 11) is 0. The van der Waals surface area contributed by atoms with Gasteiger partial charge in [0.05, 0.1) is 0 Å². The van der Waals surface area contributed by atoms with E-state index in [1.54, 1.807) is 38.5 Å². The maximum absolute atomic E-state index is 2.38. The zero-order valence-corrected chi connectivity index (χ0v) is 13.5. The van der Waals surface area contributed by atoms with E-state index >= 15 is 0 Å². The molecule has 0 nitrogen and oxygen atoms in total. The highest BCUT2D eigenvalue weighted by Crippen LogP contribution is 2.42. The molecule has 0 heterocycles. The lowest BCUT2D eigenvalue weighted by molar-refractivity contribution is 0.142. The Balaban J connectivity index is 1.63. The van der Waals surface area contributed by atoms with Crippen LogP contribution in [0.25, 0.3) is 0 Å². The maximum Gasteiger partial charge on any atom is -0.0386 e. The zero-order chi connectivity index (χ0) is 13.5. The molecule has 0 atom stereocenters. The summed E-state index contributed by atoms with van der Waals surface area (Å²) in [5, 5.41) is 0. The number of unbranched alkanes of at least 4 members (excludes halogenated alkanes) is 2. The minimum atomic E-state index is 1.07. The Bertz CT molecular complexity index is 216. The average molecular weight is 264 g/mol. The van der Waals surface area contributed by atoms with Gasteiger partial charge in [0, 0.05) is 0 Å². The van der Waals surface area contributed by atoms with Crippen LogP contribution in [0, 0.1) is 23.7 Å². The minimum Gasteiger partial charge on any atom is -0.0654 e. The molecule has 0 aromatic heterocycles. The van der Waals surface area contributed by atoms with Crippen molar-refractivity contribution in [2.75, 3.05) is 0 Å². The Labute approximate surface area is 121 Å². The second-order valence-corrected chi connectivity index (χ2v) is 7.47. The lowest BCUT2D eigenvalue weighted by Crippen LogP contribution is -2.25. The first kappa shape index (κ1) is 15.4. The summed E-state index contributed by atoms with van der Waals surface area (Å²) in [5.41, 5.74) is 0. The molecule has 19 heavy (non-hydrogen) atoms. The third kappa shape index (κ3) is 4.80. The van der Waals surface area contributed by atoms with Crippen LogP contribution in [0.5, 0.6) is 0 Å². The van der Waals surface area contributed by atoms with Gasteiger partial charge >= 0.3 is 0 Å². The van der Waals surface area contributed by atoms with E-state index in [2.05, 4.69) is 13.8 Å². The van der Waals surface area contributed by atoms with Crippen molar-refractivity contribution < 1.29 is 0 Å². The van der Waals surface area contributed by atoms with Crippen molar-refractivity contribution >= 4 is 0 Å². The summed E-state index contributed by atoms with van der Waals surface area (Å²) in [5.74, 6) is 4.39. The molecule has 0 aliphatic heterocycles. The fraction of sp³-hybridized carbons (Fsp3) is 1.00. The topological polar surface area (TPSA) is 0 Å². The van der Waals surface area contributed by atoms with E-state index in [0.29, 0.717) is 0 Å². The average Bonchev–Trinajstić information content (AvgIpc) is 2.48. The van der Waals surface area contributed by atoms with Crippen LogP contribution in [-0.2, 0) is 0 Å². The second-order valence-electron chi connectivity index (χ2n) is 7.47. The molecular formula is C19H36. The molecular weight excluding hydrogens is 228 g/mol. The van der Waals surface area contributed by atoms with Crippen LogP contribution in [-0.4, -0.2) is 0 Å². The Morgan fingerprint density at radius 1 is 0.632 bits per heavy atom. The molecule has 0 radical (unpaired) electrons. The van der Waals surface area contributed by atoms with Gasteiger partial charge in [-0.3, -0.25) is 0 Å². The minimum absolute atomic E-state index is 1.07. The largest absolute Gasteiger partial charge is 0.0654 e. The molecule has 0 bridgehead atoms. The smallest absolute Gasteiger partial charge is 0.0386 e. The van der Waals surface area contributed by atoms with Crippen molar-refractivity contribution in [2.45, 2.75) is 97.3 Å². The van der Waals surface area contributed by atoms with Crippen molar-refractivity contribution in [1.29, 1.82) is 0 Å². The third-order valence-corrected chi connectivity index (χ3v) is 6.24. The summed E-state index contributed by atoms with van der Waals surface area (Å²) in [6, 6.07) is 0. The van der Waals surface area contributed by atoms with Gasteiger partial charge in [0.2, 0.25) is 0 Å². The van der Waals surface area contributed by atoms with Crippen LogP contribution in [0.4, 0.5) is 0 Å². The highest BCUT2D eigenvalue weighted by molar-refractivity contribution is 4.81. The third-order valence-electron chi connectivity index (χ3n) is 6.24. The summed E-state index contributed by atoms with van der Waals surface area (Å²) in [6.45, 7) is 4.70. The molecule has 0 spiro atoms. The van der Waals surface area contributed by atoms with Gasteiger partial charge in [0.1, 0.15) is 0 Å². The van der Waals surface area contributed by atoms with E-state index in [-0.39, 0.29) is 0 Å². The van der Waals surface area contributed by atoms with E-state index in [0.717, 1.165) is 23.7 Å². The highest BCUT2D eigenvalue weighted by Gasteiger charge is 2.30. The summed E-state index contributed by atoms with van der Waals surface area (Å²) in [4.78, 5) is 0. The monoisotopic (exact) mass is 264 g/mol. The van der Waals surface area contributed by atoms with Crippen LogP contribution in [0.15, 0.2) is 0 Å². The lowest BCUT2D eigenvalue weighted by Gasteiger charge is -2.37. The van der Waals surface area contributed by atoms with Gasteiger partial charge in [-0.05, 0) is 49.4 Å².